The largest absolute Gasteiger partial charge is 0.379 e. The molecule has 0 aromatic heterocycles. The zero-order valence-corrected chi connectivity index (χ0v) is 22.6. The molecule has 0 heterocycles. The third-order valence-corrected chi connectivity index (χ3v) is 7.47. The number of hydrogen-bond donors (Lipinski definition) is 0. The van der Waals surface area contributed by atoms with Gasteiger partial charge in [-0.3, -0.25) is 4.57 Å². The standard InChI is InChI=1S/C28H45O6P/c1-3-5-6-7-8-9-10-11-12-15-21-32-35(29,25-24-31-23-22-30-4-2)34-33-28-20-16-18-26-17-13-14-19-27(26)28/h13-14,16-20H,3-12,15,21-25H2,1-2H3. The second-order valence-corrected chi connectivity index (χ2v) is 10.9. The summed E-state index contributed by atoms with van der Waals surface area (Å²) >= 11 is 0. The highest BCUT2D eigenvalue weighted by Gasteiger charge is 2.27. The smallest absolute Gasteiger partial charge is 0.371 e. The molecular formula is C28H45O6P. The summed E-state index contributed by atoms with van der Waals surface area (Å²) in [4.78, 5) is 5.56. The van der Waals surface area contributed by atoms with Crippen molar-refractivity contribution in [2.24, 2.45) is 0 Å². The average molecular weight is 509 g/mol. The van der Waals surface area contributed by atoms with Gasteiger partial charge in [0.1, 0.15) is 0 Å². The van der Waals surface area contributed by atoms with Crippen LogP contribution in [-0.4, -0.2) is 39.2 Å². The monoisotopic (exact) mass is 508 g/mol. The van der Waals surface area contributed by atoms with Crippen LogP contribution in [0.1, 0.15) is 78.1 Å². The van der Waals surface area contributed by atoms with Gasteiger partial charge < -0.3 is 18.9 Å². The molecule has 0 saturated carbocycles. The van der Waals surface area contributed by atoms with E-state index in [0.29, 0.717) is 32.2 Å². The molecule has 0 spiro atoms. The summed E-state index contributed by atoms with van der Waals surface area (Å²) in [6.45, 7) is 6.41. The molecule has 2 aromatic rings. The summed E-state index contributed by atoms with van der Waals surface area (Å²) in [5.41, 5.74) is 0. The van der Waals surface area contributed by atoms with Gasteiger partial charge in [0.25, 0.3) is 0 Å². The highest BCUT2D eigenvalue weighted by molar-refractivity contribution is 7.53. The molecular weight excluding hydrogens is 463 g/mol. The second kappa shape index (κ2) is 18.8. The van der Waals surface area contributed by atoms with Crippen LogP contribution in [0.25, 0.3) is 10.8 Å². The number of rotatable bonds is 22. The molecule has 0 aliphatic carbocycles. The molecule has 2 rings (SSSR count). The van der Waals surface area contributed by atoms with Gasteiger partial charge in [-0.15, -0.1) is 0 Å². The van der Waals surface area contributed by atoms with E-state index >= 15 is 0 Å². The highest BCUT2D eigenvalue weighted by atomic mass is 31.2. The van der Waals surface area contributed by atoms with E-state index < -0.39 is 7.60 Å². The van der Waals surface area contributed by atoms with Gasteiger partial charge in [0.15, 0.2) is 5.75 Å². The Hall–Kier alpha value is -1.43. The van der Waals surface area contributed by atoms with Crippen molar-refractivity contribution >= 4 is 18.4 Å². The van der Waals surface area contributed by atoms with Gasteiger partial charge in [0, 0.05) is 12.0 Å². The Kier molecular flexibility index (Phi) is 16.0. The van der Waals surface area contributed by atoms with Crippen molar-refractivity contribution in [3.05, 3.63) is 42.5 Å². The summed E-state index contributed by atoms with van der Waals surface area (Å²) in [6.07, 6.45) is 12.4. The van der Waals surface area contributed by atoms with Crippen molar-refractivity contribution in [2.75, 3.05) is 39.2 Å². The molecule has 198 valence electrons. The van der Waals surface area contributed by atoms with Crippen molar-refractivity contribution in [3.8, 4) is 5.75 Å². The summed E-state index contributed by atoms with van der Waals surface area (Å²) in [7, 11) is -3.48. The van der Waals surface area contributed by atoms with Gasteiger partial charge in [0.2, 0.25) is 0 Å². The van der Waals surface area contributed by atoms with Gasteiger partial charge in [-0.1, -0.05) is 106 Å². The number of fused-ring (bicyclic) bond motifs is 1. The zero-order chi connectivity index (χ0) is 25.0. The van der Waals surface area contributed by atoms with E-state index in [-0.39, 0.29) is 12.8 Å². The minimum absolute atomic E-state index is 0.127. The van der Waals surface area contributed by atoms with E-state index in [1.165, 1.54) is 51.4 Å². The van der Waals surface area contributed by atoms with Crippen LogP contribution >= 0.6 is 7.60 Å². The summed E-state index contributed by atoms with van der Waals surface area (Å²) in [5, 5.41) is 1.91. The Labute approximate surface area is 212 Å². The summed E-state index contributed by atoms with van der Waals surface area (Å²) in [6, 6.07) is 13.5. The molecule has 0 aliphatic heterocycles. The van der Waals surface area contributed by atoms with Gasteiger partial charge in [-0.2, -0.15) is 0 Å². The van der Waals surface area contributed by atoms with Crippen LogP contribution in [0.4, 0.5) is 0 Å². The average Bonchev–Trinajstić information content (AvgIpc) is 2.88. The summed E-state index contributed by atoms with van der Waals surface area (Å²) < 4.78 is 35.4. The van der Waals surface area contributed by atoms with Crippen LogP contribution < -0.4 is 4.89 Å². The molecule has 2 aromatic carbocycles. The molecule has 0 saturated heterocycles. The first-order valence-corrected chi connectivity index (χ1v) is 15.1. The fourth-order valence-corrected chi connectivity index (χ4v) is 5.02. The van der Waals surface area contributed by atoms with Crippen molar-refractivity contribution in [1.29, 1.82) is 0 Å². The molecule has 0 fully saturated rings. The topological polar surface area (TPSA) is 63.2 Å². The van der Waals surface area contributed by atoms with E-state index in [1.54, 1.807) is 6.07 Å². The maximum Gasteiger partial charge on any atom is 0.371 e. The molecule has 7 heteroatoms. The molecule has 35 heavy (non-hydrogen) atoms. The van der Waals surface area contributed by atoms with Crippen molar-refractivity contribution < 1.29 is 28.1 Å². The first kappa shape index (κ1) is 29.8. The number of ether oxygens (including phenoxy) is 2. The van der Waals surface area contributed by atoms with E-state index in [0.717, 1.165) is 23.6 Å². The molecule has 6 nitrogen and oxygen atoms in total. The normalized spacial score (nSPS) is 13.2. The van der Waals surface area contributed by atoms with E-state index in [1.807, 2.05) is 43.3 Å². The maximum atomic E-state index is 13.4. The first-order valence-electron chi connectivity index (χ1n) is 13.4. The lowest BCUT2D eigenvalue weighted by molar-refractivity contribution is -0.112. The van der Waals surface area contributed by atoms with E-state index in [2.05, 4.69) is 6.92 Å². The molecule has 0 radical (unpaired) electrons. The third kappa shape index (κ3) is 12.9. The van der Waals surface area contributed by atoms with Gasteiger partial charge in [0.05, 0.1) is 32.6 Å². The minimum atomic E-state index is -3.48. The second-order valence-electron chi connectivity index (χ2n) is 8.79. The van der Waals surface area contributed by atoms with Crippen LogP contribution in [0.3, 0.4) is 0 Å². The molecule has 0 amide bonds. The van der Waals surface area contributed by atoms with Crippen LogP contribution in [0.2, 0.25) is 0 Å². The Morgan fingerprint density at radius 1 is 0.686 bits per heavy atom. The van der Waals surface area contributed by atoms with E-state index in [9.17, 15) is 4.57 Å². The van der Waals surface area contributed by atoms with Crippen molar-refractivity contribution in [2.45, 2.75) is 78.1 Å². The van der Waals surface area contributed by atoms with Crippen LogP contribution in [0, 0.1) is 0 Å². The molecule has 0 N–H and O–H groups in total. The lowest BCUT2D eigenvalue weighted by atomic mass is 10.1. The lowest BCUT2D eigenvalue weighted by Gasteiger charge is -2.18. The maximum absolute atomic E-state index is 13.4. The fraction of sp³-hybridized carbons (Fsp3) is 0.643. The number of unbranched alkanes of at least 4 members (excludes halogenated alkanes) is 9. The number of benzene rings is 2. The lowest BCUT2D eigenvalue weighted by Crippen LogP contribution is -2.11. The molecule has 1 atom stereocenters. The fourth-order valence-electron chi connectivity index (χ4n) is 3.82. The van der Waals surface area contributed by atoms with Crippen molar-refractivity contribution in [1.82, 2.24) is 0 Å². The van der Waals surface area contributed by atoms with Crippen LogP contribution in [-0.2, 0) is 23.2 Å². The summed E-state index contributed by atoms with van der Waals surface area (Å²) in [5.74, 6) is 0.517. The first-order chi connectivity index (χ1) is 17.2. The quantitative estimate of drug-likeness (QED) is 0.0689. The molecule has 0 aliphatic rings. The Balaban J connectivity index is 1.76. The predicted molar refractivity (Wildman–Crippen MR) is 143 cm³/mol. The van der Waals surface area contributed by atoms with Gasteiger partial charge >= 0.3 is 7.60 Å². The predicted octanol–water partition coefficient (Wildman–Crippen LogP) is 8.33. The van der Waals surface area contributed by atoms with Crippen LogP contribution in [0.15, 0.2) is 42.5 Å². The minimum Gasteiger partial charge on any atom is -0.379 e. The zero-order valence-electron chi connectivity index (χ0n) is 21.8. The molecule has 0 bridgehead atoms. The third-order valence-electron chi connectivity index (χ3n) is 5.86. The SMILES string of the molecule is CCCCCCCCCCCCOP(=O)(CCOCCOCC)OOc1cccc2ccccc12. The Morgan fingerprint density at radius 3 is 2.09 bits per heavy atom. The number of hydrogen-bond acceptors (Lipinski definition) is 6. The highest BCUT2D eigenvalue weighted by Crippen LogP contribution is 2.48. The van der Waals surface area contributed by atoms with Gasteiger partial charge in [-0.05, 0) is 24.8 Å². The Bertz CT molecular complexity index is 838. The van der Waals surface area contributed by atoms with Crippen molar-refractivity contribution in [3.63, 3.8) is 0 Å². The van der Waals surface area contributed by atoms with Crippen LogP contribution in [0.5, 0.6) is 5.75 Å². The molecule has 1 unspecified atom stereocenters. The van der Waals surface area contributed by atoms with E-state index in [4.69, 9.17) is 23.6 Å². The van der Waals surface area contributed by atoms with Gasteiger partial charge in [-0.25, -0.2) is 0 Å². The Morgan fingerprint density at radius 2 is 1.34 bits per heavy atom.